The highest BCUT2D eigenvalue weighted by Crippen LogP contribution is 2.27. The predicted octanol–water partition coefficient (Wildman–Crippen LogP) is 4.17. The van der Waals surface area contributed by atoms with Crippen molar-refractivity contribution >= 4 is 23.1 Å². The summed E-state index contributed by atoms with van der Waals surface area (Å²) in [6.07, 6.45) is 0. The van der Waals surface area contributed by atoms with Gasteiger partial charge in [0.05, 0.1) is 17.3 Å². The lowest BCUT2D eigenvalue weighted by molar-refractivity contribution is 0.103. The average Bonchev–Trinajstić information content (AvgIpc) is 2.44. The van der Waals surface area contributed by atoms with E-state index in [-0.39, 0.29) is 5.78 Å². The molecule has 0 radical (unpaired) electrons. The summed E-state index contributed by atoms with van der Waals surface area (Å²) in [6, 6.07) is 8.66. The number of halogens is 1. The number of benzene rings is 2. The Morgan fingerprint density at radius 3 is 2.48 bits per heavy atom. The second kappa shape index (κ2) is 6.19. The molecule has 0 saturated carbocycles. The number of anilines is 1. The van der Waals surface area contributed by atoms with Gasteiger partial charge in [-0.25, -0.2) is 0 Å². The molecule has 2 aromatic rings. The van der Waals surface area contributed by atoms with Crippen LogP contribution < -0.4 is 10.5 Å². The molecule has 4 heteroatoms. The molecule has 0 spiro atoms. The van der Waals surface area contributed by atoms with E-state index in [2.05, 4.69) is 0 Å². The quantitative estimate of drug-likeness (QED) is 0.681. The summed E-state index contributed by atoms with van der Waals surface area (Å²) in [5.41, 5.74) is 9.43. The number of carbonyl (C=O) groups is 1. The highest BCUT2D eigenvalue weighted by Gasteiger charge is 2.15. The highest BCUT2D eigenvalue weighted by atomic mass is 35.5. The van der Waals surface area contributed by atoms with E-state index in [1.807, 2.05) is 32.9 Å². The number of hydrogen-bond acceptors (Lipinski definition) is 3. The Hall–Kier alpha value is -2.00. The smallest absolute Gasteiger partial charge is 0.194 e. The Labute approximate surface area is 129 Å². The number of ketones is 1. The van der Waals surface area contributed by atoms with Crippen LogP contribution in [0.25, 0.3) is 0 Å². The van der Waals surface area contributed by atoms with Crippen LogP contribution in [0.4, 0.5) is 5.69 Å². The van der Waals surface area contributed by atoms with Crippen molar-refractivity contribution in [3.8, 4) is 5.75 Å². The van der Waals surface area contributed by atoms with Crippen LogP contribution in [0, 0.1) is 13.8 Å². The van der Waals surface area contributed by atoms with Gasteiger partial charge in [-0.3, -0.25) is 4.79 Å². The van der Waals surface area contributed by atoms with Crippen molar-refractivity contribution in [2.24, 2.45) is 0 Å². The molecule has 0 aromatic heterocycles. The van der Waals surface area contributed by atoms with E-state index in [9.17, 15) is 4.79 Å². The van der Waals surface area contributed by atoms with E-state index in [1.165, 1.54) is 0 Å². The van der Waals surface area contributed by atoms with Crippen LogP contribution in [-0.2, 0) is 0 Å². The summed E-state index contributed by atoms with van der Waals surface area (Å²) >= 11 is 6.19. The molecule has 3 nitrogen and oxygen atoms in total. The van der Waals surface area contributed by atoms with Gasteiger partial charge < -0.3 is 10.5 Å². The zero-order valence-electron chi connectivity index (χ0n) is 12.4. The molecule has 0 aliphatic carbocycles. The van der Waals surface area contributed by atoms with E-state index in [0.717, 1.165) is 11.1 Å². The zero-order chi connectivity index (χ0) is 15.6. The van der Waals surface area contributed by atoms with Crippen LogP contribution >= 0.6 is 11.6 Å². The maximum Gasteiger partial charge on any atom is 0.194 e. The first-order valence-corrected chi connectivity index (χ1v) is 7.15. The molecular weight excluding hydrogens is 286 g/mol. The first-order chi connectivity index (χ1) is 9.93. The van der Waals surface area contributed by atoms with Gasteiger partial charge in [-0.05, 0) is 62.2 Å². The van der Waals surface area contributed by atoms with Gasteiger partial charge in [-0.1, -0.05) is 11.6 Å². The maximum atomic E-state index is 12.6. The topological polar surface area (TPSA) is 52.3 Å². The number of hydrogen-bond donors (Lipinski definition) is 1. The molecule has 0 bridgehead atoms. The summed E-state index contributed by atoms with van der Waals surface area (Å²) < 4.78 is 5.37. The van der Waals surface area contributed by atoms with Crippen LogP contribution in [0.5, 0.6) is 5.75 Å². The number of carbonyl (C=O) groups excluding carboxylic acids is 1. The summed E-state index contributed by atoms with van der Waals surface area (Å²) in [5, 5.41) is 0.454. The number of rotatable bonds is 4. The van der Waals surface area contributed by atoms with Gasteiger partial charge in [0, 0.05) is 11.1 Å². The molecule has 0 atom stereocenters. The Morgan fingerprint density at radius 2 is 1.86 bits per heavy atom. The first kappa shape index (κ1) is 15.4. The summed E-state index contributed by atoms with van der Waals surface area (Å²) in [4.78, 5) is 12.6. The largest absolute Gasteiger partial charge is 0.492 e. The summed E-state index contributed by atoms with van der Waals surface area (Å²) in [7, 11) is 0. The van der Waals surface area contributed by atoms with Crippen molar-refractivity contribution in [1.82, 2.24) is 0 Å². The first-order valence-electron chi connectivity index (χ1n) is 6.77. The van der Waals surface area contributed by atoms with Crippen LogP contribution in [-0.4, -0.2) is 12.4 Å². The predicted molar refractivity (Wildman–Crippen MR) is 86.4 cm³/mol. The molecule has 0 amide bonds. The van der Waals surface area contributed by atoms with Crippen LogP contribution in [0.3, 0.4) is 0 Å². The number of ether oxygens (including phenoxy) is 1. The Kier molecular flexibility index (Phi) is 4.53. The fourth-order valence-corrected chi connectivity index (χ4v) is 2.39. The van der Waals surface area contributed by atoms with Gasteiger partial charge in [0.2, 0.25) is 0 Å². The maximum absolute atomic E-state index is 12.6. The van der Waals surface area contributed by atoms with E-state index in [1.54, 1.807) is 18.2 Å². The Bertz CT molecular complexity index is 695. The Balaban J connectivity index is 2.41. The minimum absolute atomic E-state index is 0.141. The van der Waals surface area contributed by atoms with Gasteiger partial charge in [0.15, 0.2) is 5.78 Å². The minimum Gasteiger partial charge on any atom is -0.492 e. The normalized spacial score (nSPS) is 10.5. The molecule has 0 aliphatic heterocycles. The average molecular weight is 304 g/mol. The van der Waals surface area contributed by atoms with E-state index >= 15 is 0 Å². The van der Waals surface area contributed by atoms with Crippen molar-refractivity contribution in [3.63, 3.8) is 0 Å². The SMILES string of the molecule is CCOc1ccc(C(=O)c2cc(C)c(C)cc2Cl)cc1N. The van der Waals surface area contributed by atoms with Gasteiger partial charge in [0.1, 0.15) is 5.75 Å². The van der Waals surface area contributed by atoms with Gasteiger partial charge in [0.25, 0.3) is 0 Å². The van der Waals surface area contributed by atoms with Crippen LogP contribution in [0.15, 0.2) is 30.3 Å². The summed E-state index contributed by atoms with van der Waals surface area (Å²) in [5.74, 6) is 0.443. The molecule has 2 N–H and O–H groups in total. The van der Waals surface area contributed by atoms with Crippen LogP contribution in [0.1, 0.15) is 34.0 Å². The third kappa shape index (κ3) is 3.19. The van der Waals surface area contributed by atoms with Crippen molar-refractivity contribution in [1.29, 1.82) is 0 Å². The molecular formula is C17H18ClNO2. The number of nitrogens with two attached hydrogens (primary N) is 1. The van der Waals surface area contributed by atoms with Crippen molar-refractivity contribution in [3.05, 3.63) is 57.6 Å². The third-order valence-corrected chi connectivity index (χ3v) is 3.71. The lowest BCUT2D eigenvalue weighted by Crippen LogP contribution is -2.05. The van der Waals surface area contributed by atoms with E-state index in [0.29, 0.717) is 34.2 Å². The molecule has 2 rings (SSSR count). The lowest BCUT2D eigenvalue weighted by atomic mass is 9.98. The van der Waals surface area contributed by atoms with Gasteiger partial charge in [-0.15, -0.1) is 0 Å². The number of aryl methyl sites for hydroxylation is 2. The third-order valence-electron chi connectivity index (χ3n) is 3.40. The fourth-order valence-electron chi connectivity index (χ4n) is 2.09. The Morgan fingerprint density at radius 1 is 1.19 bits per heavy atom. The second-order valence-electron chi connectivity index (χ2n) is 4.93. The van der Waals surface area contributed by atoms with Crippen molar-refractivity contribution < 1.29 is 9.53 Å². The number of nitrogen functional groups attached to an aromatic ring is 1. The van der Waals surface area contributed by atoms with Crippen molar-refractivity contribution in [2.75, 3.05) is 12.3 Å². The molecule has 21 heavy (non-hydrogen) atoms. The molecule has 110 valence electrons. The minimum atomic E-state index is -0.141. The molecule has 0 saturated heterocycles. The molecule has 0 unspecified atom stereocenters. The van der Waals surface area contributed by atoms with E-state index in [4.69, 9.17) is 22.1 Å². The van der Waals surface area contributed by atoms with Crippen molar-refractivity contribution in [2.45, 2.75) is 20.8 Å². The van der Waals surface area contributed by atoms with Gasteiger partial charge >= 0.3 is 0 Å². The zero-order valence-corrected chi connectivity index (χ0v) is 13.1. The molecule has 0 heterocycles. The van der Waals surface area contributed by atoms with E-state index < -0.39 is 0 Å². The molecule has 0 aliphatic rings. The fraction of sp³-hybridized carbons (Fsp3) is 0.235. The lowest BCUT2D eigenvalue weighted by Gasteiger charge is -2.10. The van der Waals surface area contributed by atoms with Gasteiger partial charge in [-0.2, -0.15) is 0 Å². The summed E-state index contributed by atoms with van der Waals surface area (Å²) in [6.45, 7) is 6.33. The van der Waals surface area contributed by atoms with Crippen LogP contribution in [0.2, 0.25) is 5.02 Å². The highest BCUT2D eigenvalue weighted by molar-refractivity contribution is 6.35. The standard InChI is InChI=1S/C17H18ClNO2/c1-4-21-16-6-5-12(9-15(16)19)17(20)13-7-10(2)11(3)8-14(13)18/h5-9H,4,19H2,1-3H3. The second-order valence-corrected chi connectivity index (χ2v) is 5.34. The monoisotopic (exact) mass is 303 g/mol. The molecule has 2 aromatic carbocycles. The molecule has 0 fully saturated rings.